The first-order valence-corrected chi connectivity index (χ1v) is 9.52. The van der Waals surface area contributed by atoms with Crippen molar-refractivity contribution in [3.05, 3.63) is 48.0 Å². The molecule has 2 aromatic rings. The Bertz CT molecular complexity index is 781. The number of carbonyl (C=O) groups excluding carboxylic acids is 1. The van der Waals surface area contributed by atoms with Crippen LogP contribution in [0.3, 0.4) is 0 Å². The van der Waals surface area contributed by atoms with E-state index in [0.717, 1.165) is 40.6 Å². The van der Waals surface area contributed by atoms with E-state index in [0.29, 0.717) is 6.61 Å². The first-order valence-electron chi connectivity index (χ1n) is 8.64. The fourth-order valence-corrected chi connectivity index (χ4v) is 4.23. The maximum absolute atomic E-state index is 13.0. The molecule has 3 rings (SSSR count). The molecule has 1 atom stereocenters. The number of nitrogens with one attached hydrogen (secondary N) is 1. The molecule has 0 fully saturated rings. The number of likely N-dealkylation sites (N-methyl/N-ethyl adjacent to an activating group) is 1. The van der Waals surface area contributed by atoms with E-state index in [2.05, 4.69) is 5.32 Å². The fourth-order valence-electron chi connectivity index (χ4n) is 2.92. The minimum absolute atomic E-state index is 0.0435. The van der Waals surface area contributed by atoms with Gasteiger partial charge in [0.05, 0.1) is 19.4 Å². The van der Waals surface area contributed by atoms with Gasteiger partial charge in [0.15, 0.2) is 0 Å². The van der Waals surface area contributed by atoms with Crippen molar-refractivity contribution in [3.8, 4) is 11.5 Å². The van der Waals surface area contributed by atoms with Crippen molar-refractivity contribution in [2.45, 2.75) is 16.6 Å². The quantitative estimate of drug-likeness (QED) is 0.754. The lowest BCUT2D eigenvalue weighted by molar-refractivity contribution is -0.118. The Labute approximate surface area is 158 Å². The SMILES string of the molecule is CNCCCOc1ccc(OC)cc1C1Sc2ccccc2N(C)C1=O. The second-order valence-corrected chi connectivity index (χ2v) is 7.22. The highest BCUT2D eigenvalue weighted by atomic mass is 32.2. The number of methoxy groups -OCH3 is 1. The van der Waals surface area contributed by atoms with Crippen LogP contribution in [0.4, 0.5) is 5.69 Å². The summed E-state index contributed by atoms with van der Waals surface area (Å²) in [7, 11) is 5.37. The van der Waals surface area contributed by atoms with E-state index >= 15 is 0 Å². The summed E-state index contributed by atoms with van der Waals surface area (Å²) in [6.07, 6.45) is 0.899. The van der Waals surface area contributed by atoms with Gasteiger partial charge < -0.3 is 19.7 Å². The van der Waals surface area contributed by atoms with Crippen molar-refractivity contribution in [2.24, 2.45) is 0 Å². The van der Waals surface area contributed by atoms with Crippen LogP contribution in [0.15, 0.2) is 47.4 Å². The second-order valence-electron chi connectivity index (χ2n) is 6.07. The standard InChI is InChI=1S/C20H24N2O3S/c1-21-11-6-12-25-17-10-9-14(24-3)13-15(17)19-20(23)22(2)16-7-4-5-8-18(16)26-19/h4-5,7-10,13,19,21H,6,11-12H2,1-3H3. The number of nitrogens with zero attached hydrogens (tertiary/aromatic N) is 1. The number of hydrogen-bond donors (Lipinski definition) is 1. The molecule has 2 aromatic carbocycles. The van der Waals surface area contributed by atoms with Crippen molar-refractivity contribution in [1.82, 2.24) is 5.32 Å². The third kappa shape index (κ3) is 3.81. The zero-order valence-electron chi connectivity index (χ0n) is 15.3. The third-order valence-corrected chi connectivity index (χ3v) is 5.64. The van der Waals surface area contributed by atoms with E-state index in [9.17, 15) is 4.79 Å². The molecule has 5 nitrogen and oxygen atoms in total. The van der Waals surface area contributed by atoms with Gasteiger partial charge in [-0.2, -0.15) is 0 Å². The highest BCUT2D eigenvalue weighted by molar-refractivity contribution is 8.00. The molecule has 1 unspecified atom stereocenters. The predicted octanol–water partition coefficient (Wildman–Crippen LogP) is 3.49. The minimum Gasteiger partial charge on any atom is -0.497 e. The molecular weight excluding hydrogens is 348 g/mol. The number of ether oxygens (including phenoxy) is 2. The van der Waals surface area contributed by atoms with Crippen LogP contribution >= 0.6 is 11.8 Å². The predicted molar refractivity (Wildman–Crippen MR) is 105 cm³/mol. The van der Waals surface area contributed by atoms with E-state index < -0.39 is 0 Å². The maximum atomic E-state index is 13.0. The highest BCUT2D eigenvalue weighted by Crippen LogP contribution is 2.48. The van der Waals surface area contributed by atoms with Gasteiger partial charge >= 0.3 is 0 Å². The van der Waals surface area contributed by atoms with Crippen LogP contribution in [0.25, 0.3) is 0 Å². The Balaban J connectivity index is 1.92. The Hall–Kier alpha value is -2.18. The van der Waals surface area contributed by atoms with Crippen molar-refractivity contribution in [3.63, 3.8) is 0 Å². The number of para-hydroxylation sites is 1. The van der Waals surface area contributed by atoms with Crippen LogP contribution in [0.2, 0.25) is 0 Å². The summed E-state index contributed by atoms with van der Waals surface area (Å²) in [5.74, 6) is 1.50. The third-order valence-electron chi connectivity index (χ3n) is 4.35. The number of hydrogen-bond acceptors (Lipinski definition) is 5. The van der Waals surface area contributed by atoms with E-state index in [4.69, 9.17) is 9.47 Å². The topological polar surface area (TPSA) is 50.8 Å². The van der Waals surface area contributed by atoms with Crippen LogP contribution in [-0.2, 0) is 4.79 Å². The average molecular weight is 372 g/mol. The zero-order valence-corrected chi connectivity index (χ0v) is 16.1. The van der Waals surface area contributed by atoms with Crippen LogP contribution in [0.1, 0.15) is 17.2 Å². The minimum atomic E-state index is -0.357. The number of carbonyl (C=O) groups is 1. The lowest BCUT2D eigenvalue weighted by Crippen LogP contribution is -2.33. The summed E-state index contributed by atoms with van der Waals surface area (Å²) in [6.45, 7) is 1.48. The maximum Gasteiger partial charge on any atom is 0.244 e. The number of thioether (sulfide) groups is 1. The van der Waals surface area contributed by atoms with Gasteiger partial charge in [-0.25, -0.2) is 0 Å². The van der Waals surface area contributed by atoms with Gasteiger partial charge in [-0.1, -0.05) is 12.1 Å². The molecule has 26 heavy (non-hydrogen) atoms. The van der Waals surface area contributed by atoms with Crippen LogP contribution in [0, 0.1) is 0 Å². The van der Waals surface area contributed by atoms with Gasteiger partial charge in [0.1, 0.15) is 16.7 Å². The number of fused-ring (bicyclic) bond motifs is 1. The summed E-state index contributed by atoms with van der Waals surface area (Å²) in [4.78, 5) is 15.8. The summed E-state index contributed by atoms with van der Waals surface area (Å²) in [5.41, 5.74) is 1.79. The molecule has 0 saturated carbocycles. The van der Waals surface area contributed by atoms with E-state index in [1.165, 1.54) is 0 Å². The van der Waals surface area contributed by atoms with E-state index in [-0.39, 0.29) is 11.2 Å². The number of benzene rings is 2. The highest BCUT2D eigenvalue weighted by Gasteiger charge is 2.34. The molecule has 1 N–H and O–H groups in total. The molecule has 0 aliphatic carbocycles. The van der Waals surface area contributed by atoms with Gasteiger partial charge in [0, 0.05) is 17.5 Å². The average Bonchev–Trinajstić information content (AvgIpc) is 2.68. The Morgan fingerprint density at radius 2 is 2.04 bits per heavy atom. The van der Waals surface area contributed by atoms with Gasteiger partial charge in [-0.3, -0.25) is 4.79 Å². The molecule has 1 aliphatic heterocycles. The van der Waals surface area contributed by atoms with Gasteiger partial charge in [0.25, 0.3) is 0 Å². The molecule has 1 aliphatic rings. The molecule has 0 spiro atoms. The van der Waals surface area contributed by atoms with E-state index in [1.54, 1.807) is 23.8 Å². The molecule has 0 bridgehead atoms. The Morgan fingerprint density at radius 3 is 2.81 bits per heavy atom. The Morgan fingerprint density at radius 1 is 1.23 bits per heavy atom. The molecular formula is C20H24N2O3S. The van der Waals surface area contributed by atoms with Crippen LogP contribution in [0.5, 0.6) is 11.5 Å². The lowest BCUT2D eigenvalue weighted by atomic mass is 10.1. The molecule has 0 saturated heterocycles. The lowest BCUT2D eigenvalue weighted by Gasteiger charge is -2.32. The molecule has 1 amide bonds. The summed E-state index contributed by atoms with van der Waals surface area (Å²) < 4.78 is 11.4. The molecule has 1 heterocycles. The molecule has 138 valence electrons. The molecule has 6 heteroatoms. The van der Waals surface area contributed by atoms with Crippen molar-refractivity contribution < 1.29 is 14.3 Å². The Kier molecular flexibility index (Phi) is 6.06. The number of amides is 1. The summed E-state index contributed by atoms with van der Waals surface area (Å²) in [6, 6.07) is 13.6. The number of rotatable bonds is 7. The smallest absolute Gasteiger partial charge is 0.244 e. The summed E-state index contributed by atoms with van der Waals surface area (Å²) >= 11 is 1.56. The second kappa shape index (κ2) is 8.47. The normalized spacial score (nSPS) is 16.3. The van der Waals surface area contributed by atoms with Crippen LogP contribution < -0.4 is 19.7 Å². The first kappa shape index (κ1) is 18.6. The monoisotopic (exact) mass is 372 g/mol. The first-order chi connectivity index (χ1) is 12.7. The van der Waals surface area contributed by atoms with E-state index in [1.807, 2.05) is 56.6 Å². The summed E-state index contributed by atoms with van der Waals surface area (Å²) in [5, 5.41) is 2.75. The van der Waals surface area contributed by atoms with Gasteiger partial charge in [-0.15, -0.1) is 11.8 Å². The fraction of sp³-hybridized carbons (Fsp3) is 0.350. The zero-order chi connectivity index (χ0) is 18.5. The van der Waals surface area contributed by atoms with Crippen molar-refractivity contribution >= 4 is 23.4 Å². The van der Waals surface area contributed by atoms with Crippen molar-refractivity contribution in [2.75, 3.05) is 39.3 Å². The van der Waals surface area contributed by atoms with Crippen LogP contribution in [-0.4, -0.2) is 40.3 Å². The van der Waals surface area contributed by atoms with Gasteiger partial charge in [0.2, 0.25) is 5.91 Å². The number of anilines is 1. The molecule has 0 aromatic heterocycles. The van der Waals surface area contributed by atoms with Gasteiger partial charge in [-0.05, 0) is 50.3 Å². The largest absolute Gasteiger partial charge is 0.497 e. The van der Waals surface area contributed by atoms with Crippen molar-refractivity contribution in [1.29, 1.82) is 0 Å². The molecule has 0 radical (unpaired) electrons.